The molecule has 0 fully saturated rings. The Bertz CT molecular complexity index is 1230. The van der Waals surface area contributed by atoms with Crippen LogP contribution in [0.3, 0.4) is 0 Å². The van der Waals surface area contributed by atoms with Gasteiger partial charge in [-0.3, -0.25) is 9.59 Å². The zero-order valence-corrected chi connectivity index (χ0v) is 57.7. The molecule has 0 aliphatic rings. The quantitative estimate of drug-likeness (QED) is 0.0417. The van der Waals surface area contributed by atoms with Crippen LogP contribution in [0.1, 0.15) is 463 Å². The average molecular weight is 1190 g/mol. The highest BCUT2D eigenvalue weighted by Gasteiger charge is 2.20. The maximum Gasteiger partial charge on any atom is 0.305 e. The summed E-state index contributed by atoms with van der Waals surface area (Å²) in [5, 5.41) is 23.5. The van der Waals surface area contributed by atoms with Crippen LogP contribution in [0.4, 0.5) is 0 Å². The van der Waals surface area contributed by atoms with Gasteiger partial charge in [0.15, 0.2) is 0 Å². The molecule has 6 nitrogen and oxygen atoms in total. The molecule has 6 heteroatoms. The van der Waals surface area contributed by atoms with Crippen molar-refractivity contribution >= 4 is 11.9 Å². The maximum absolute atomic E-state index is 12.6. The van der Waals surface area contributed by atoms with Crippen LogP contribution >= 0.6 is 0 Å². The van der Waals surface area contributed by atoms with Crippen molar-refractivity contribution in [2.75, 3.05) is 13.2 Å². The first-order chi connectivity index (χ1) is 41.5. The van der Waals surface area contributed by atoms with Crippen molar-refractivity contribution in [1.82, 2.24) is 5.32 Å². The molecule has 0 heterocycles. The second-order valence-corrected chi connectivity index (χ2v) is 27.4. The number of rotatable bonds is 75. The van der Waals surface area contributed by atoms with Crippen LogP contribution in [0.15, 0.2) is 0 Å². The van der Waals surface area contributed by atoms with E-state index in [4.69, 9.17) is 4.74 Å². The number of aliphatic hydroxyl groups excluding tert-OH is 2. The zero-order chi connectivity index (χ0) is 60.6. The van der Waals surface area contributed by atoms with E-state index in [1.165, 1.54) is 392 Å². The molecular weight excluding hydrogens is 1030 g/mol. The second kappa shape index (κ2) is 74.3. The number of unbranched alkanes of at least 4 members (excludes halogenated alkanes) is 64. The van der Waals surface area contributed by atoms with Crippen molar-refractivity contribution < 1.29 is 24.5 Å². The van der Waals surface area contributed by atoms with Crippen molar-refractivity contribution in [3.8, 4) is 0 Å². The van der Waals surface area contributed by atoms with Gasteiger partial charge >= 0.3 is 5.97 Å². The fraction of sp³-hybridized carbons (Fsp3) is 0.974. The molecule has 0 bridgehead atoms. The Balaban J connectivity index is 3.32. The number of nitrogens with one attached hydrogen (secondary N) is 1. The fourth-order valence-corrected chi connectivity index (χ4v) is 12.9. The fourth-order valence-electron chi connectivity index (χ4n) is 12.9. The number of amides is 1. The normalized spacial score (nSPS) is 12.4. The van der Waals surface area contributed by atoms with Crippen LogP contribution in [0.2, 0.25) is 0 Å². The minimum Gasteiger partial charge on any atom is -0.466 e. The molecule has 0 spiro atoms. The van der Waals surface area contributed by atoms with E-state index in [1.807, 2.05) is 0 Å². The molecule has 502 valence electrons. The molecule has 0 saturated carbocycles. The van der Waals surface area contributed by atoms with E-state index in [1.54, 1.807) is 0 Å². The molecule has 0 aromatic rings. The first kappa shape index (κ1) is 82.9. The summed E-state index contributed by atoms with van der Waals surface area (Å²) in [5.41, 5.74) is 0. The van der Waals surface area contributed by atoms with Crippen molar-refractivity contribution in [2.45, 2.75) is 475 Å². The van der Waals surface area contributed by atoms with Crippen molar-refractivity contribution in [2.24, 2.45) is 0 Å². The van der Waals surface area contributed by atoms with E-state index in [0.29, 0.717) is 25.9 Å². The predicted octanol–water partition coefficient (Wildman–Crippen LogP) is 25.7. The minimum absolute atomic E-state index is 0.0246. The summed E-state index contributed by atoms with van der Waals surface area (Å²) in [6.07, 6.45) is 91.9. The lowest BCUT2D eigenvalue weighted by Crippen LogP contribution is -2.45. The molecule has 3 N–H and O–H groups in total. The summed E-state index contributed by atoms with van der Waals surface area (Å²) in [7, 11) is 0. The third kappa shape index (κ3) is 70.0. The lowest BCUT2D eigenvalue weighted by molar-refractivity contribution is -0.143. The molecule has 0 saturated heterocycles. The molecule has 0 aliphatic carbocycles. The number of carbonyl (C=O) groups is 2. The van der Waals surface area contributed by atoms with Gasteiger partial charge in [-0.25, -0.2) is 0 Å². The maximum atomic E-state index is 12.6. The van der Waals surface area contributed by atoms with Gasteiger partial charge in [-0.15, -0.1) is 0 Å². The number of ether oxygens (including phenoxy) is 1. The Hall–Kier alpha value is -1.14. The summed E-state index contributed by atoms with van der Waals surface area (Å²) < 4.78 is 5.52. The lowest BCUT2D eigenvalue weighted by Gasteiger charge is -2.22. The predicted molar refractivity (Wildman–Crippen MR) is 371 cm³/mol. The summed E-state index contributed by atoms with van der Waals surface area (Å²) in [5.74, 6) is -0.00156. The van der Waals surface area contributed by atoms with Crippen LogP contribution < -0.4 is 5.32 Å². The van der Waals surface area contributed by atoms with Crippen molar-refractivity contribution in [1.29, 1.82) is 0 Å². The van der Waals surface area contributed by atoms with Crippen LogP contribution in [0, 0.1) is 0 Å². The topological polar surface area (TPSA) is 95.9 Å². The van der Waals surface area contributed by atoms with E-state index in [-0.39, 0.29) is 18.5 Å². The summed E-state index contributed by atoms with van der Waals surface area (Å²) in [4.78, 5) is 24.7. The van der Waals surface area contributed by atoms with Crippen LogP contribution in [0.5, 0.6) is 0 Å². The average Bonchev–Trinajstić information content (AvgIpc) is 3.51. The van der Waals surface area contributed by atoms with Crippen LogP contribution in [-0.4, -0.2) is 47.4 Å². The van der Waals surface area contributed by atoms with Gasteiger partial charge < -0.3 is 20.3 Å². The largest absolute Gasteiger partial charge is 0.466 e. The Kier molecular flexibility index (Phi) is 73.3. The minimum atomic E-state index is -0.663. The third-order valence-electron chi connectivity index (χ3n) is 18.9. The zero-order valence-electron chi connectivity index (χ0n) is 57.7. The number of hydrogen-bond donors (Lipinski definition) is 3. The van der Waals surface area contributed by atoms with E-state index in [2.05, 4.69) is 19.2 Å². The van der Waals surface area contributed by atoms with Crippen molar-refractivity contribution in [3.63, 3.8) is 0 Å². The smallest absolute Gasteiger partial charge is 0.305 e. The number of hydrogen-bond acceptors (Lipinski definition) is 5. The highest BCUT2D eigenvalue weighted by molar-refractivity contribution is 5.76. The van der Waals surface area contributed by atoms with Crippen LogP contribution in [-0.2, 0) is 14.3 Å². The van der Waals surface area contributed by atoms with Crippen LogP contribution in [0.25, 0.3) is 0 Å². The van der Waals surface area contributed by atoms with E-state index in [9.17, 15) is 19.8 Å². The summed E-state index contributed by atoms with van der Waals surface area (Å²) in [6.45, 7) is 5.02. The Morgan fingerprint density at radius 3 is 0.726 bits per heavy atom. The Morgan fingerprint density at radius 2 is 0.488 bits per heavy atom. The van der Waals surface area contributed by atoms with Gasteiger partial charge in [0.05, 0.1) is 25.4 Å². The first-order valence-corrected chi connectivity index (χ1v) is 39.3. The van der Waals surface area contributed by atoms with Gasteiger partial charge in [-0.2, -0.15) is 0 Å². The molecule has 1 amide bonds. The first-order valence-electron chi connectivity index (χ1n) is 39.3. The molecule has 84 heavy (non-hydrogen) atoms. The highest BCUT2D eigenvalue weighted by Crippen LogP contribution is 2.21. The Morgan fingerprint density at radius 1 is 0.286 bits per heavy atom. The van der Waals surface area contributed by atoms with Gasteiger partial charge in [0.25, 0.3) is 0 Å². The SMILES string of the molecule is CCCCCCCCCCCCCCCCCCCCCCCC(O)C(CO)NC(=O)CCCCCCCCCCCCCCCCCCCCCCCCCCCCCOC(=O)CCCCCCCCCCCCCCCCCCCCC. The molecular formula is C78H155NO5. The van der Waals surface area contributed by atoms with Gasteiger partial charge in [-0.05, 0) is 25.7 Å². The van der Waals surface area contributed by atoms with E-state index < -0.39 is 12.1 Å². The number of esters is 1. The molecule has 2 unspecified atom stereocenters. The lowest BCUT2D eigenvalue weighted by atomic mass is 10.0. The van der Waals surface area contributed by atoms with E-state index >= 15 is 0 Å². The summed E-state index contributed by atoms with van der Waals surface area (Å²) in [6, 6.07) is -0.539. The van der Waals surface area contributed by atoms with Gasteiger partial charge in [0.1, 0.15) is 0 Å². The molecule has 0 rings (SSSR count). The molecule has 0 aliphatic heterocycles. The second-order valence-electron chi connectivity index (χ2n) is 27.4. The Labute approximate surface area is 527 Å². The monoisotopic (exact) mass is 1190 g/mol. The highest BCUT2D eigenvalue weighted by atomic mass is 16.5. The van der Waals surface area contributed by atoms with E-state index in [0.717, 1.165) is 38.5 Å². The van der Waals surface area contributed by atoms with Gasteiger partial charge in [-0.1, -0.05) is 425 Å². The van der Waals surface area contributed by atoms with Gasteiger partial charge in [0.2, 0.25) is 5.91 Å². The van der Waals surface area contributed by atoms with Gasteiger partial charge in [0, 0.05) is 12.8 Å². The van der Waals surface area contributed by atoms with Crippen molar-refractivity contribution in [3.05, 3.63) is 0 Å². The third-order valence-corrected chi connectivity index (χ3v) is 18.9. The summed E-state index contributed by atoms with van der Waals surface area (Å²) >= 11 is 0. The molecule has 0 aromatic carbocycles. The molecule has 0 radical (unpaired) electrons. The molecule has 0 aromatic heterocycles. The number of aliphatic hydroxyl groups is 2. The molecule has 2 atom stereocenters. The standard InChI is InChI=1S/C78H155NO5/c1-3-5-7-9-11-13-15-17-19-21-23-31-35-38-42-46-50-54-58-62-66-70-76(81)75(74-80)79-77(82)71-67-63-59-55-51-47-43-39-36-32-29-27-25-24-26-28-30-33-37-41-45-49-53-57-61-65-69-73-84-78(83)72-68-64-60-56-52-48-44-40-34-22-20-18-16-14-12-10-8-6-4-2/h75-76,80-81H,3-74H2,1-2H3,(H,79,82). The number of carbonyl (C=O) groups excluding carboxylic acids is 2.